The third kappa shape index (κ3) is 6.10. The fourth-order valence-electron chi connectivity index (χ4n) is 1.65. The summed E-state index contributed by atoms with van der Waals surface area (Å²) in [7, 11) is -1.99. The van der Waals surface area contributed by atoms with Crippen LogP contribution in [0.5, 0.6) is 0 Å². The second kappa shape index (κ2) is 8.45. The van der Waals surface area contributed by atoms with E-state index >= 15 is 0 Å². The fourth-order valence-corrected chi connectivity index (χ4v) is 3.44. The zero-order chi connectivity index (χ0) is 20.3. The van der Waals surface area contributed by atoms with E-state index in [1.165, 1.54) is 0 Å². The first-order chi connectivity index (χ1) is 11.7. The van der Waals surface area contributed by atoms with Crippen LogP contribution in [-0.4, -0.2) is 29.9 Å². The van der Waals surface area contributed by atoms with Gasteiger partial charge < -0.3 is 8.98 Å². The fraction of sp³-hybridized carbons (Fsp3) is 0.579. The van der Waals surface area contributed by atoms with Gasteiger partial charge in [0.15, 0.2) is 8.32 Å². The second-order valence-electron chi connectivity index (χ2n) is 8.75. The van der Waals surface area contributed by atoms with E-state index in [2.05, 4.69) is 38.3 Å². The lowest BCUT2D eigenvalue weighted by Crippen LogP contribution is -2.42. The van der Waals surface area contributed by atoms with E-state index in [1.807, 2.05) is 26.8 Å². The van der Waals surface area contributed by atoms with Gasteiger partial charge in [-0.15, -0.1) is 0 Å². The molecule has 0 saturated heterocycles. The van der Waals surface area contributed by atoms with Crippen LogP contribution in [0.4, 0.5) is 0 Å². The van der Waals surface area contributed by atoms with Gasteiger partial charge in [-0.25, -0.2) is 0 Å². The Balaban J connectivity index is 3.26. The smallest absolute Gasteiger partial charge is 0.192 e. The Labute approximate surface area is 167 Å². The zero-order valence-electron chi connectivity index (χ0n) is 16.9. The molecule has 0 N–H and O–H groups in total. The SMILES string of the molecule is CC(C)(C)[S@@+]([O-])/N=C(/CO[Si](C)(C)C(C)(C)C)c1ccc(C#N)c(Cl)c1. The molecule has 0 heterocycles. The van der Waals surface area contributed by atoms with Crippen LogP contribution in [0.15, 0.2) is 22.6 Å². The summed E-state index contributed by atoms with van der Waals surface area (Å²) in [6.07, 6.45) is 0. The topological polar surface area (TPSA) is 68.4 Å². The lowest BCUT2D eigenvalue weighted by Gasteiger charge is -2.36. The number of benzene rings is 1. The lowest BCUT2D eigenvalue weighted by molar-refractivity contribution is 0.340. The van der Waals surface area contributed by atoms with E-state index in [-0.39, 0.29) is 11.6 Å². The van der Waals surface area contributed by atoms with Gasteiger partial charge in [-0.2, -0.15) is 5.26 Å². The molecule has 0 aromatic heterocycles. The highest BCUT2D eigenvalue weighted by Gasteiger charge is 2.38. The summed E-state index contributed by atoms with van der Waals surface area (Å²) in [4.78, 5) is 0. The maximum atomic E-state index is 12.6. The molecule has 0 spiro atoms. The van der Waals surface area contributed by atoms with Crippen molar-refractivity contribution in [2.24, 2.45) is 4.40 Å². The van der Waals surface area contributed by atoms with Crippen molar-refractivity contribution >= 4 is 37.0 Å². The summed E-state index contributed by atoms with van der Waals surface area (Å²) in [5.41, 5.74) is 1.72. The molecule has 26 heavy (non-hydrogen) atoms. The van der Waals surface area contributed by atoms with Crippen LogP contribution in [0.1, 0.15) is 52.7 Å². The van der Waals surface area contributed by atoms with Crippen LogP contribution in [0.25, 0.3) is 0 Å². The van der Waals surface area contributed by atoms with Crippen molar-refractivity contribution in [2.75, 3.05) is 6.61 Å². The van der Waals surface area contributed by atoms with E-state index in [4.69, 9.17) is 21.3 Å². The van der Waals surface area contributed by atoms with Crippen molar-refractivity contribution in [1.82, 2.24) is 0 Å². The lowest BCUT2D eigenvalue weighted by atomic mass is 10.1. The Morgan fingerprint density at radius 3 is 2.27 bits per heavy atom. The molecule has 1 atom stereocenters. The third-order valence-electron chi connectivity index (χ3n) is 4.52. The molecule has 0 saturated carbocycles. The minimum absolute atomic E-state index is 0.0591. The molecule has 0 radical (unpaired) electrons. The molecule has 144 valence electrons. The van der Waals surface area contributed by atoms with Gasteiger partial charge in [-0.05, 0) is 51.0 Å². The van der Waals surface area contributed by atoms with Crippen LogP contribution in [-0.2, 0) is 15.8 Å². The van der Waals surface area contributed by atoms with E-state index in [0.717, 1.165) is 5.56 Å². The van der Waals surface area contributed by atoms with Crippen molar-refractivity contribution in [1.29, 1.82) is 5.26 Å². The van der Waals surface area contributed by atoms with E-state index < -0.39 is 24.4 Å². The van der Waals surface area contributed by atoms with Gasteiger partial charge in [-0.3, -0.25) is 0 Å². The number of rotatable bonds is 5. The van der Waals surface area contributed by atoms with Crippen LogP contribution >= 0.6 is 11.6 Å². The molecule has 7 heteroatoms. The van der Waals surface area contributed by atoms with Gasteiger partial charge in [-0.1, -0.05) is 42.8 Å². The predicted octanol–water partition coefficient (Wildman–Crippen LogP) is 5.48. The molecular weight excluding hydrogens is 384 g/mol. The van der Waals surface area contributed by atoms with E-state index in [0.29, 0.717) is 16.3 Å². The molecule has 0 amide bonds. The first-order valence-corrected chi connectivity index (χ1v) is 12.9. The largest absolute Gasteiger partial charge is 0.591 e. The summed E-state index contributed by atoms with van der Waals surface area (Å²) in [6.45, 7) is 16.7. The average Bonchev–Trinajstić information content (AvgIpc) is 2.48. The summed E-state index contributed by atoms with van der Waals surface area (Å²) in [5, 5.41) is 9.48. The quantitative estimate of drug-likeness (QED) is 0.365. The predicted molar refractivity (Wildman–Crippen MR) is 114 cm³/mol. The van der Waals surface area contributed by atoms with Gasteiger partial charge in [0, 0.05) is 5.56 Å². The van der Waals surface area contributed by atoms with Crippen molar-refractivity contribution in [3.8, 4) is 6.07 Å². The van der Waals surface area contributed by atoms with Crippen molar-refractivity contribution in [3.05, 3.63) is 34.3 Å². The van der Waals surface area contributed by atoms with Crippen molar-refractivity contribution in [2.45, 2.75) is 64.4 Å². The van der Waals surface area contributed by atoms with Gasteiger partial charge >= 0.3 is 0 Å². The second-order valence-corrected chi connectivity index (χ2v) is 15.9. The van der Waals surface area contributed by atoms with E-state index in [1.54, 1.807) is 18.2 Å². The van der Waals surface area contributed by atoms with Crippen LogP contribution < -0.4 is 0 Å². The van der Waals surface area contributed by atoms with Crippen LogP contribution in [0, 0.1) is 11.3 Å². The minimum atomic E-state index is -1.99. The van der Waals surface area contributed by atoms with Crippen molar-refractivity contribution < 1.29 is 8.98 Å². The third-order valence-corrected chi connectivity index (χ3v) is 10.7. The number of nitriles is 1. The number of hydrogen-bond acceptors (Lipinski definition) is 4. The minimum Gasteiger partial charge on any atom is -0.591 e. The number of nitrogens with zero attached hydrogens (tertiary/aromatic N) is 2. The van der Waals surface area contributed by atoms with Gasteiger partial charge in [0.25, 0.3) is 0 Å². The van der Waals surface area contributed by atoms with Crippen LogP contribution in [0.2, 0.25) is 23.2 Å². The maximum absolute atomic E-state index is 12.6. The van der Waals surface area contributed by atoms with Gasteiger partial charge in [0.2, 0.25) is 0 Å². The molecule has 0 unspecified atom stereocenters. The molecule has 1 aromatic carbocycles. The van der Waals surface area contributed by atoms with Gasteiger partial charge in [0.1, 0.15) is 27.9 Å². The highest BCUT2D eigenvalue weighted by Crippen LogP contribution is 2.36. The first-order valence-electron chi connectivity index (χ1n) is 8.52. The highest BCUT2D eigenvalue weighted by atomic mass is 35.5. The summed E-state index contributed by atoms with van der Waals surface area (Å²) in [6, 6.07) is 7.16. The van der Waals surface area contributed by atoms with Crippen molar-refractivity contribution in [3.63, 3.8) is 0 Å². The molecular formula is C19H29ClN2O2SSi. The Morgan fingerprint density at radius 2 is 1.85 bits per heavy atom. The summed E-state index contributed by atoms with van der Waals surface area (Å²) in [5.74, 6) is 0. The molecule has 0 bridgehead atoms. The Morgan fingerprint density at radius 1 is 1.27 bits per heavy atom. The Bertz CT molecular complexity index is 716. The molecule has 0 aliphatic rings. The first kappa shape index (κ1) is 23.2. The summed E-state index contributed by atoms with van der Waals surface area (Å²) < 4.78 is 22.8. The highest BCUT2D eigenvalue weighted by molar-refractivity contribution is 7.91. The molecule has 0 aliphatic carbocycles. The monoisotopic (exact) mass is 412 g/mol. The zero-order valence-corrected chi connectivity index (χ0v) is 19.5. The molecule has 1 aromatic rings. The van der Waals surface area contributed by atoms with Crippen LogP contribution in [0.3, 0.4) is 0 Å². The molecule has 0 fully saturated rings. The Kier molecular flexibility index (Phi) is 7.54. The molecule has 0 aliphatic heterocycles. The summed E-state index contributed by atoms with van der Waals surface area (Å²) >= 11 is 4.76. The van der Waals surface area contributed by atoms with Gasteiger partial charge in [0.05, 0.1) is 17.2 Å². The molecule has 4 nitrogen and oxygen atoms in total. The standard InChI is InChI=1S/C19H29ClN2O2SSi/c1-18(2,3)25(23)22-17(13-24-26(7,8)19(4,5)6)14-9-10-15(12-21)16(20)11-14/h9-11H,13H2,1-8H3/b22-17-/t25-/m1/s1. The number of halogens is 1. The Hall–Kier alpha value is -0.843. The average molecular weight is 413 g/mol. The maximum Gasteiger partial charge on any atom is 0.192 e. The number of hydrogen-bond donors (Lipinski definition) is 0. The van der Waals surface area contributed by atoms with E-state index in [9.17, 15) is 4.55 Å². The normalized spacial score (nSPS) is 14.9. The molecule has 1 rings (SSSR count).